The van der Waals surface area contributed by atoms with Crippen molar-refractivity contribution in [2.24, 2.45) is 0 Å². The quantitative estimate of drug-likeness (QED) is 0.703. The molecule has 2 amide bonds. The van der Waals surface area contributed by atoms with Crippen LogP contribution in [-0.2, 0) is 6.42 Å². The Kier molecular flexibility index (Phi) is 4.58. The highest BCUT2D eigenvalue weighted by atomic mass is 16.5. The van der Waals surface area contributed by atoms with E-state index in [1.807, 2.05) is 6.07 Å². The first kappa shape index (κ1) is 19.4. The summed E-state index contributed by atoms with van der Waals surface area (Å²) in [6.07, 6.45) is 6.12. The Morgan fingerprint density at radius 1 is 0.935 bits per heavy atom. The number of ether oxygens (including phenoxy) is 3. The van der Waals surface area contributed by atoms with Gasteiger partial charge in [0, 0.05) is 5.56 Å². The molecule has 0 saturated heterocycles. The summed E-state index contributed by atoms with van der Waals surface area (Å²) in [5, 5.41) is 0. The molecule has 31 heavy (non-hydrogen) atoms. The number of nitrogens with zero attached hydrogens (tertiary/aromatic N) is 1. The van der Waals surface area contributed by atoms with Gasteiger partial charge in [-0.15, -0.1) is 0 Å². The highest BCUT2D eigenvalue weighted by Gasteiger charge is 2.43. The van der Waals surface area contributed by atoms with Gasteiger partial charge in [0.05, 0.1) is 38.5 Å². The number of hydrogen-bond acceptors (Lipinski definition) is 5. The first-order chi connectivity index (χ1) is 15.1. The zero-order valence-electron chi connectivity index (χ0n) is 17.7. The van der Waals surface area contributed by atoms with E-state index in [1.54, 1.807) is 45.6 Å². The maximum absolute atomic E-state index is 13.2. The topological polar surface area (TPSA) is 65.1 Å². The molecule has 0 bridgehead atoms. The number of rotatable bonds is 4. The summed E-state index contributed by atoms with van der Waals surface area (Å²) in [6.45, 7) is 0. The van der Waals surface area contributed by atoms with Crippen LogP contribution < -0.4 is 14.2 Å². The second-order valence-corrected chi connectivity index (χ2v) is 7.81. The SMILES string of the molecule is COc1cc2c(c(OC)c1OC)C1=C(CC=C1)C(N1C(=O)c3ccccc3C1=O)CC2. The van der Waals surface area contributed by atoms with Crippen LogP contribution in [0.2, 0.25) is 0 Å². The Balaban J connectivity index is 1.67. The van der Waals surface area contributed by atoms with Crippen molar-refractivity contribution in [3.8, 4) is 17.2 Å². The highest BCUT2D eigenvalue weighted by molar-refractivity contribution is 6.21. The van der Waals surface area contributed by atoms with E-state index >= 15 is 0 Å². The van der Waals surface area contributed by atoms with Gasteiger partial charge < -0.3 is 14.2 Å². The second-order valence-electron chi connectivity index (χ2n) is 7.81. The molecule has 6 nitrogen and oxygen atoms in total. The lowest BCUT2D eigenvalue weighted by atomic mass is 9.95. The average Bonchev–Trinajstić information content (AvgIpc) is 3.33. The van der Waals surface area contributed by atoms with Crippen molar-refractivity contribution >= 4 is 17.4 Å². The molecule has 1 aliphatic heterocycles. The van der Waals surface area contributed by atoms with Crippen LogP contribution in [0.4, 0.5) is 0 Å². The van der Waals surface area contributed by atoms with Gasteiger partial charge in [-0.05, 0) is 54.2 Å². The molecule has 5 rings (SSSR count). The monoisotopic (exact) mass is 417 g/mol. The molecule has 2 aliphatic carbocycles. The fraction of sp³-hybridized carbons (Fsp3) is 0.280. The van der Waals surface area contributed by atoms with Gasteiger partial charge in [0.15, 0.2) is 11.5 Å². The van der Waals surface area contributed by atoms with Crippen LogP contribution in [-0.4, -0.2) is 44.1 Å². The van der Waals surface area contributed by atoms with Crippen molar-refractivity contribution in [2.45, 2.75) is 25.3 Å². The number of carbonyl (C=O) groups is 2. The Labute approximate surface area is 180 Å². The van der Waals surface area contributed by atoms with E-state index in [0.29, 0.717) is 47.6 Å². The zero-order chi connectivity index (χ0) is 21.7. The molecule has 0 fully saturated rings. The largest absolute Gasteiger partial charge is 0.493 e. The minimum atomic E-state index is -0.313. The van der Waals surface area contributed by atoms with Gasteiger partial charge in [0.25, 0.3) is 11.8 Å². The molecule has 0 aromatic heterocycles. The summed E-state index contributed by atoms with van der Waals surface area (Å²) >= 11 is 0. The average molecular weight is 417 g/mol. The predicted molar refractivity (Wildman–Crippen MR) is 116 cm³/mol. The van der Waals surface area contributed by atoms with E-state index < -0.39 is 0 Å². The number of allylic oxidation sites excluding steroid dienone is 3. The molecule has 3 aliphatic rings. The summed E-state index contributed by atoms with van der Waals surface area (Å²) in [5.41, 5.74) is 4.99. The van der Waals surface area contributed by atoms with Crippen LogP contribution in [0.25, 0.3) is 5.57 Å². The van der Waals surface area contributed by atoms with Gasteiger partial charge in [-0.2, -0.15) is 0 Å². The van der Waals surface area contributed by atoms with E-state index in [-0.39, 0.29) is 17.9 Å². The number of benzene rings is 2. The third kappa shape index (κ3) is 2.71. The van der Waals surface area contributed by atoms with E-state index in [2.05, 4.69) is 12.2 Å². The van der Waals surface area contributed by atoms with Gasteiger partial charge in [-0.25, -0.2) is 0 Å². The van der Waals surface area contributed by atoms with E-state index in [1.165, 1.54) is 4.90 Å². The molecule has 0 spiro atoms. The number of hydrogen-bond donors (Lipinski definition) is 0. The lowest BCUT2D eigenvalue weighted by molar-refractivity contribution is 0.0601. The minimum Gasteiger partial charge on any atom is -0.493 e. The predicted octanol–water partition coefficient (Wildman–Crippen LogP) is 4.04. The lowest BCUT2D eigenvalue weighted by Gasteiger charge is -2.27. The van der Waals surface area contributed by atoms with Crippen LogP contribution in [0.3, 0.4) is 0 Å². The standard InChI is InChI=1S/C25H23NO5/c1-29-20-13-14-11-12-19(26-24(27)17-7-4-5-8-18(17)25(26)28)15-9-6-10-16(15)21(14)23(31-3)22(20)30-2/h4-8,10,13,19H,9,11-12H2,1-3H3. The number of fused-ring (bicyclic) bond motifs is 3. The van der Waals surface area contributed by atoms with E-state index in [4.69, 9.17) is 14.2 Å². The zero-order valence-corrected chi connectivity index (χ0v) is 17.7. The van der Waals surface area contributed by atoms with Gasteiger partial charge in [0.2, 0.25) is 5.75 Å². The second kappa shape index (κ2) is 7.30. The molecule has 2 aromatic rings. The van der Waals surface area contributed by atoms with Crippen molar-refractivity contribution in [1.82, 2.24) is 4.90 Å². The fourth-order valence-electron chi connectivity index (χ4n) is 5.02. The van der Waals surface area contributed by atoms with Crippen molar-refractivity contribution < 1.29 is 23.8 Å². The third-order valence-electron chi connectivity index (χ3n) is 6.38. The normalized spacial score (nSPS) is 19.2. The Bertz CT molecular complexity index is 1140. The number of carbonyl (C=O) groups excluding carboxylic acids is 2. The lowest BCUT2D eigenvalue weighted by Crippen LogP contribution is -2.41. The molecule has 0 saturated carbocycles. The smallest absolute Gasteiger partial charge is 0.262 e. The van der Waals surface area contributed by atoms with E-state index in [0.717, 1.165) is 22.3 Å². The highest BCUT2D eigenvalue weighted by Crippen LogP contribution is 2.50. The Morgan fingerprint density at radius 3 is 2.23 bits per heavy atom. The van der Waals surface area contributed by atoms with Gasteiger partial charge in [-0.3, -0.25) is 14.5 Å². The molecule has 0 N–H and O–H groups in total. The number of amides is 2. The minimum absolute atomic E-state index is 0.225. The maximum atomic E-state index is 13.2. The van der Waals surface area contributed by atoms with E-state index in [9.17, 15) is 9.59 Å². The fourth-order valence-corrected chi connectivity index (χ4v) is 5.02. The van der Waals surface area contributed by atoms with Crippen molar-refractivity contribution in [1.29, 1.82) is 0 Å². The van der Waals surface area contributed by atoms with Crippen LogP contribution in [0, 0.1) is 0 Å². The Hall–Kier alpha value is -3.54. The molecule has 1 atom stereocenters. The molecule has 0 radical (unpaired) electrons. The van der Waals surface area contributed by atoms with Crippen molar-refractivity contribution in [2.75, 3.05) is 21.3 Å². The van der Waals surface area contributed by atoms with Gasteiger partial charge >= 0.3 is 0 Å². The molecule has 158 valence electrons. The maximum Gasteiger partial charge on any atom is 0.262 e. The van der Waals surface area contributed by atoms with Crippen LogP contribution in [0.1, 0.15) is 44.7 Å². The molecule has 1 heterocycles. The summed E-state index contributed by atoms with van der Waals surface area (Å²) in [4.78, 5) is 27.8. The molecule has 1 unspecified atom stereocenters. The first-order valence-electron chi connectivity index (χ1n) is 10.3. The number of imide groups is 1. The molecule has 6 heteroatoms. The summed E-state index contributed by atoms with van der Waals surface area (Å²) in [7, 11) is 4.80. The molecule has 2 aromatic carbocycles. The van der Waals surface area contributed by atoms with Crippen molar-refractivity contribution in [3.63, 3.8) is 0 Å². The molecular weight excluding hydrogens is 394 g/mol. The van der Waals surface area contributed by atoms with Crippen LogP contribution in [0.5, 0.6) is 17.2 Å². The summed E-state index contributed by atoms with van der Waals surface area (Å²) < 4.78 is 16.9. The summed E-state index contributed by atoms with van der Waals surface area (Å²) in [6, 6.07) is 8.69. The van der Waals surface area contributed by atoms with Crippen LogP contribution >= 0.6 is 0 Å². The van der Waals surface area contributed by atoms with Crippen LogP contribution in [0.15, 0.2) is 48.1 Å². The third-order valence-corrected chi connectivity index (χ3v) is 6.38. The van der Waals surface area contributed by atoms with Gasteiger partial charge in [-0.1, -0.05) is 24.3 Å². The van der Waals surface area contributed by atoms with Gasteiger partial charge in [0.1, 0.15) is 0 Å². The molecular formula is C25H23NO5. The Morgan fingerprint density at radius 2 is 1.61 bits per heavy atom. The first-order valence-corrected chi connectivity index (χ1v) is 10.3. The number of aryl methyl sites for hydroxylation is 1. The van der Waals surface area contributed by atoms with Crippen molar-refractivity contribution in [3.05, 3.63) is 70.3 Å². The summed E-state index contributed by atoms with van der Waals surface area (Å²) in [5.74, 6) is 1.30. The number of methoxy groups -OCH3 is 3.